The largest absolute Gasteiger partial charge is 0.405 e. The van der Waals surface area contributed by atoms with Crippen LogP contribution in [0.4, 0.5) is 5.69 Å². The SMILES string of the molecule is CSc1cc(C(CO[Si](c2ccccc2)c2ccc(C(C)(C)C)cc2)N2CCC[C@H](C)C2)cc2c1CN(c1cccc(C3(c4ncn(C)n4)CC(C)C3)c1)C2=O. The second-order valence-corrected chi connectivity index (χ2v) is 20.6. The van der Waals surface area contributed by atoms with Gasteiger partial charge < -0.3 is 9.33 Å². The number of carbonyl (C=O) groups is 1. The van der Waals surface area contributed by atoms with Gasteiger partial charge in [0.2, 0.25) is 0 Å². The number of likely N-dealkylation sites (tertiary alicyclic amines) is 1. The quantitative estimate of drug-likeness (QED) is 0.0993. The Morgan fingerprint density at radius 3 is 2.36 bits per heavy atom. The molecule has 2 fully saturated rings. The molecule has 5 aromatic rings. The topological polar surface area (TPSA) is 63.5 Å². The van der Waals surface area contributed by atoms with Gasteiger partial charge in [-0.15, -0.1) is 11.8 Å². The van der Waals surface area contributed by atoms with Gasteiger partial charge in [-0.1, -0.05) is 101 Å². The van der Waals surface area contributed by atoms with E-state index in [1.807, 2.05) is 11.9 Å². The molecule has 1 saturated carbocycles. The molecule has 1 radical (unpaired) electrons. The van der Waals surface area contributed by atoms with Crippen LogP contribution in [-0.4, -0.2) is 60.6 Å². The molecule has 0 spiro atoms. The van der Waals surface area contributed by atoms with Crippen molar-refractivity contribution < 1.29 is 9.22 Å². The fourth-order valence-corrected chi connectivity index (χ4v) is 11.9. The monoisotopic (exact) mass is 782 g/mol. The molecule has 2 aliphatic heterocycles. The van der Waals surface area contributed by atoms with Crippen LogP contribution >= 0.6 is 11.8 Å². The van der Waals surface area contributed by atoms with Gasteiger partial charge in [-0.05, 0) is 113 Å². The molecular weight excluding hydrogens is 727 g/mol. The summed E-state index contributed by atoms with van der Waals surface area (Å²) < 4.78 is 9.00. The predicted molar refractivity (Wildman–Crippen MR) is 231 cm³/mol. The molecule has 291 valence electrons. The summed E-state index contributed by atoms with van der Waals surface area (Å²) in [6, 6.07) is 33.1. The van der Waals surface area contributed by atoms with E-state index < -0.39 is 9.04 Å². The van der Waals surface area contributed by atoms with Crippen LogP contribution in [-0.2, 0) is 28.8 Å². The van der Waals surface area contributed by atoms with Gasteiger partial charge in [0.05, 0.1) is 24.6 Å². The number of aryl methyl sites for hydroxylation is 1. The molecule has 4 aromatic carbocycles. The Labute approximate surface area is 339 Å². The van der Waals surface area contributed by atoms with Crippen LogP contribution in [0.1, 0.15) is 105 Å². The molecule has 1 amide bonds. The van der Waals surface area contributed by atoms with Gasteiger partial charge in [-0.3, -0.25) is 14.4 Å². The summed E-state index contributed by atoms with van der Waals surface area (Å²) in [6.07, 6.45) is 8.35. The number of amides is 1. The van der Waals surface area contributed by atoms with Gasteiger partial charge in [0.25, 0.3) is 14.9 Å². The summed E-state index contributed by atoms with van der Waals surface area (Å²) in [7, 11) is 0.379. The lowest BCUT2D eigenvalue weighted by atomic mass is 9.58. The highest BCUT2D eigenvalue weighted by molar-refractivity contribution is 7.98. The van der Waals surface area contributed by atoms with E-state index in [1.54, 1.807) is 22.8 Å². The van der Waals surface area contributed by atoms with E-state index >= 15 is 0 Å². The molecule has 1 unspecified atom stereocenters. The van der Waals surface area contributed by atoms with Gasteiger partial charge in [0.15, 0.2) is 5.82 Å². The number of nitrogens with zero attached hydrogens (tertiary/aromatic N) is 5. The maximum Gasteiger partial charge on any atom is 0.282 e. The summed E-state index contributed by atoms with van der Waals surface area (Å²) >= 11 is 1.74. The van der Waals surface area contributed by atoms with E-state index in [-0.39, 0.29) is 22.8 Å². The first-order valence-electron chi connectivity index (χ1n) is 20.3. The lowest BCUT2D eigenvalue weighted by Crippen LogP contribution is -2.47. The van der Waals surface area contributed by atoms with Gasteiger partial charge in [0.1, 0.15) is 6.33 Å². The van der Waals surface area contributed by atoms with Crippen LogP contribution in [0, 0.1) is 11.8 Å². The van der Waals surface area contributed by atoms with Crippen molar-refractivity contribution >= 4 is 42.8 Å². The number of hydrogen-bond acceptors (Lipinski definition) is 6. The van der Waals surface area contributed by atoms with E-state index in [2.05, 4.69) is 137 Å². The van der Waals surface area contributed by atoms with E-state index in [0.29, 0.717) is 25.0 Å². The van der Waals surface area contributed by atoms with E-state index in [4.69, 9.17) is 14.5 Å². The minimum Gasteiger partial charge on any atom is -0.405 e. The maximum absolute atomic E-state index is 14.6. The number of piperidine rings is 1. The minimum atomic E-state index is -1.55. The van der Waals surface area contributed by atoms with Crippen molar-refractivity contribution in [2.75, 3.05) is 30.9 Å². The Bertz CT molecular complexity index is 2180. The van der Waals surface area contributed by atoms with Crippen molar-refractivity contribution in [2.45, 2.75) is 88.6 Å². The Balaban J connectivity index is 1.12. The number of rotatable bonds is 11. The van der Waals surface area contributed by atoms with Crippen molar-refractivity contribution in [3.8, 4) is 0 Å². The number of benzene rings is 4. The Morgan fingerprint density at radius 1 is 0.946 bits per heavy atom. The standard InChI is InChI=1S/C47H56N5O2SSi/c1-32-13-12-22-51(28-32)42(30-54-56(38-16-9-8-10-17-38)39-20-18-35(19-21-39)46(3,4)5)34-23-40-41(43(24-34)55-7)29-52(44(40)53)37-15-11-14-36(25-37)47(26-33(2)27-47)45-48-31-50(6)49-45/h8-11,14-21,23-25,31-33,42H,12-13,22,26-30H2,1-7H3/t32-,33?,42?,47?/m0/s1. The lowest BCUT2D eigenvalue weighted by molar-refractivity contribution is 0.0923. The number of aromatic nitrogens is 3. The number of thioether (sulfide) groups is 1. The molecule has 0 bridgehead atoms. The molecule has 9 heteroatoms. The zero-order valence-corrected chi connectivity index (χ0v) is 35.9. The third kappa shape index (κ3) is 7.55. The lowest BCUT2D eigenvalue weighted by Gasteiger charge is -2.45. The summed E-state index contributed by atoms with van der Waals surface area (Å²) in [5.41, 5.74) is 6.42. The highest BCUT2D eigenvalue weighted by Gasteiger charge is 2.48. The number of anilines is 1. The third-order valence-corrected chi connectivity index (χ3v) is 15.3. The minimum absolute atomic E-state index is 0.0306. The van der Waals surface area contributed by atoms with Gasteiger partial charge in [-0.2, -0.15) is 5.10 Å². The van der Waals surface area contributed by atoms with Gasteiger partial charge >= 0.3 is 0 Å². The summed E-state index contributed by atoms with van der Waals surface area (Å²) in [6.45, 7) is 14.6. The molecule has 56 heavy (non-hydrogen) atoms. The van der Waals surface area contributed by atoms with Crippen LogP contribution in [0.5, 0.6) is 0 Å². The second kappa shape index (κ2) is 15.7. The molecule has 1 saturated heterocycles. The Kier molecular flexibility index (Phi) is 10.9. The van der Waals surface area contributed by atoms with Crippen LogP contribution in [0.25, 0.3) is 0 Å². The number of carbonyl (C=O) groups excluding carboxylic acids is 1. The molecule has 7 nitrogen and oxygen atoms in total. The summed E-state index contributed by atoms with van der Waals surface area (Å²) in [4.78, 5) is 25.1. The third-order valence-electron chi connectivity index (χ3n) is 12.3. The van der Waals surface area contributed by atoms with Gasteiger partial charge in [-0.25, -0.2) is 4.98 Å². The van der Waals surface area contributed by atoms with E-state index in [0.717, 1.165) is 48.6 Å². The van der Waals surface area contributed by atoms with E-state index in [9.17, 15) is 4.79 Å². The molecular formula is C47H56N5O2SSi. The molecule has 1 aliphatic carbocycles. The first-order valence-corrected chi connectivity index (χ1v) is 23.0. The van der Waals surface area contributed by atoms with Crippen molar-refractivity contribution in [3.63, 3.8) is 0 Å². The Morgan fingerprint density at radius 2 is 1.70 bits per heavy atom. The van der Waals surface area contributed by atoms with Crippen molar-refractivity contribution in [1.82, 2.24) is 19.7 Å². The van der Waals surface area contributed by atoms with Crippen molar-refractivity contribution in [2.24, 2.45) is 18.9 Å². The zero-order chi connectivity index (χ0) is 39.2. The first-order chi connectivity index (χ1) is 26.9. The van der Waals surface area contributed by atoms with Crippen LogP contribution in [0.3, 0.4) is 0 Å². The average molecular weight is 783 g/mol. The van der Waals surface area contributed by atoms with Crippen molar-refractivity contribution in [1.29, 1.82) is 0 Å². The maximum atomic E-state index is 14.6. The average Bonchev–Trinajstić information content (AvgIpc) is 3.77. The summed E-state index contributed by atoms with van der Waals surface area (Å²) in [5, 5.41) is 7.26. The number of hydrogen-bond donors (Lipinski definition) is 0. The zero-order valence-electron chi connectivity index (χ0n) is 34.1. The molecule has 2 atom stereocenters. The molecule has 0 N–H and O–H groups in total. The van der Waals surface area contributed by atoms with Gasteiger partial charge in [0, 0.05) is 29.7 Å². The van der Waals surface area contributed by atoms with Crippen LogP contribution < -0.4 is 15.3 Å². The highest BCUT2D eigenvalue weighted by atomic mass is 32.2. The van der Waals surface area contributed by atoms with E-state index in [1.165, 1.54) is 44.8 Å². The molecule has 3 heterocycles. The molecule has 3 aliphatic rings. The normalized spacial score (nSPS) is 22.0. The van der Waals surface area contributed by atoms with Crippen molar-refractivity contribution in [3.05, 3.63) is 131 Å². The second-order valence-electron chi connectivity index (χ2n) is 17.6. The highest BCUT2D eigenvalue weighted by Crippen LogP contribution is 2.52. The van der Waals surface area contributed by atoms with Crippen LogP contribution in [0.2, 0.25) is 0 Å². The fourth-order valence-electron chi connectivity index (χ4n) is 9.31. The fraction of sp³-hybridized carbons (Fsp3) is 0.426. The smallest absolute Gasteiger partial charge is 0.282 e. The predicted octanol–water partition coefficient (Wildman–Crippen LogP) is 8.31. The first kappa shape index (κ1) is 38.8. The molecule has 1 aromatic heterocycles. The number of fused-ring (bicyclic) bond motifs is 1. The molecule has 8 rings (SSSR count). The summed E-state index contributed by atoms with van der Waals surface area (Å²) in [5.74, 6) is 2.15. The van der Waals surface area contributed by atoms with Crippen LogP contribution in [0.15, 0.2) is 102 Å². The Hall–Kier alpha value is -4.02.